The van der Waals surface area contributed by atoms with Crippen molar-refractivity contribution in [3.05, 3.63) is 68.7 Å². The van der Waals surface area contributed by atoms with Gasteiger partial charge in [-0.1, -0.05) is 23.7 Å². The Balaban J connectivity index is 1.89. The summed E-state index contributed by atoms with van der Waals surface area (Å²) in [6.45, 7) is 1.58. The van der Waals surface area contributed by atoms with Crippen molar-refractivity contribution in [2.24, 2.45) is 5.10 Å². The van der Waals surface area contributed by atoms with E-state index in [4.69, 9.17) is 16.3 Å². The van der Waals surface area contributed by atoms with Gasteiger partial charge in [0.1, 0.15) is 5.75 Å². The molecule has 0 saturated heterocycles. The van der Waals surface area contributed by atoms with Gasteiger partial charge in [0.25, 0.3) is 11.6 Å². The molecule has 0 bridgehead atoms. The van der Waals surface area contributed by atoms with Gasteiger partial charge in [-0.15, -0.1) is 0 Å². The van der Waals surface area contributed by atoms with Gasteiger partial charge in [-0.25, -0.2) is 5.43 Å². The van der Waals surface area contributed by atoms with Gasteiger partial charge >= 0.3 is 0 Å². The number of hydrazone groups is 1. The molecule has 2 aromatic carbocycles. The van der Waals surface area contributed by atoms with Crippen LogP contribution in [-0.4, -0.2) is 23.7 Å². The molecule has 124 valence electrons. The summed E-state index contributed by atoms with van der Waals surface area (Å²) in [5.74, 6) is 0.0205. The molecule has 0 heterocycles. The van der Waals surface area contributed by atoms with Gasteiger partial charge in [0.05, 0.1) is 16.7 Å². The van der Waals surface area contributed by atoms with Crippen LogP contribution in [0.3, 0.4) is 0 Å². The zero-order valence-electron chi connectivity index (χ0n) is 12.7. The fraction of sp³-hybridized carbons (Fsp3) is 0.125. The first kappa shape index (κ1) is 17.4. The third kappa shape index (κ3) is 4.79. The SMILES string of the molecule is Cc1cc(OCC(=O)N/N=C/c2ccccc2[N+](=O)[O-])ccc1Cl. The zero-order valence-corrected chi connectivity index (χ0v) is 13.5. The average molecular weight is 348 g/mol. The minimum atomic E-state index is -0.519. The highest BCUT2D eigenvalue weighted by atomic mass is 35.5. The number of para-hydroxylation sites is 1. The van der Waals surface area contributed by atoms with Crippen LogP contribution >= 0.6 is 11.6 Å². The maximum atomic E-state index is 11.7. The lowest BCUT2D eigenvalue weighted by Crippen LogP contribution is -2.24. The van der Waals surface area contributed by atoms with Crippen LogP contribution in [0.4, 0.5) is 5.69 Å². The lowest BCUT2D eigenvalue weighted by molar-refractivity contribution is -0.385. The quantitative estimate of drug-likeness (QED) is 0.493. The molecule has 0 radical (unpaired) electrons. The van der Waals surface area contributed by atoms with Crippen molar-refractivity contribution >= 4 is 29.4 Å². The van der Waals surface area contributed by atoms with Crippen LogP contribution < -0.4 is 10.2 Å². The Kier molecular flexibility index (Phi) is 5.86. The van der Waals surface area contributed by atoms with E-state index in [9.17, 15) is 14.9 Å². The van der Waals surface area contributed by atoms with E-state index in [0.717, 1.165) is 5.56 Å². The predicted molar refractivity (Wildman–Crippen MR) is 90.5 cm³/mol. The van der Waals surface area contributed by atoms with Crippen molar-refractivity contribution in [3.8, 4) is 5.75 Å². The first-order valence-electron chi connectivity index (χ1n) is 6.91. The van der Waals surface area contributed by atoms with Gasteiger partial charge in [-0.2, -0.15) is 5.10 Å². The van der Waals surface area contributed by atoms with Crippen LogP contribution in [0.25, 0.3) is 0 Å². The van der Waals surface area contributed by atoms with Gasteiger partial charge in [-0.05, 0) is 36.8 Å². The molecule has 2 rings (SSSR count). The fourth-order valence-corrected chi connectivity index (χ4v) is 1.94. The molecule has 0 aliphatic rings. The highest BCUT2D eigenvalue weighted by Gasteiger charge is 2.10. The second kappa shape index (κ2) is 8.07. The third-order valence-electron chi connectivity index (χ3n) is 3.03. The summed E-state index contributed by atoms with van der Waals surface area (Å²) in [4.78, 5) is 22.0. The summed E-state index contributed by atoms with van der Waals surface area (Å²) >= 11 is 5.90. The van der Waals surface area contributed by atoms with E-state index in [-0.39, 0.29) is 17.9 Å². The normalized spacial score (nSPS) is 10.6. The van der Waals surface area contributed by atoms with E-state index in [0.29, 0.717) is 10.8 Å². The van der Waals surface area contributed by atoms with Crippen molar-refractivity contribution in [1.82, 2.24) is 5.43 Å². The van der Waals surface area contributed by atoms with E-state index in [2.05, 4.69) is 10.5 Å². The van der Waals surface area contributed by atoms with Crippen molar-refractivity contribution in [3.63, 3.8) is 0 Å². The van der Waals surface area contributed by atoms with Crippen molar-refractivity contribution in [1.29, 1.82) is 0 Å². The van der Waals surface area contributed by atoms with E-state index in [1.165, 1.54) is 18.3 Å². The number of nitro benzene ring substituents is 1. The standard InChI is InChI=1S/C16H14ClN3O4/c1-11-8-13(6-7-14(11)17)24-10-16(21)19-18-9-12-4-2-3-5-15(12)20(22)23/h2-9H,10H2,1H3,(H,19,21)/b18-9+. The number of nitrogens with one attached hydrogen (secondary N) is 1. The molecule has 24 heavy (non-hydrogen) atoms. The van der Waals surface area contributed by atoms with E-state index in [1.807, 2.05) is 6.92 Å². The monoisotopic (exact) mass is 347 g/mol. The zero-order chi connectivity index (χ0) is 17.5. The molecule has 1 amide bonds. The number of aryl methyl sites for hydroxylation is 1. The Morgan fingerprint density at radius 3 is 2.83 bits per heavy atom. The summed E-state index contributed by atoms with van der Waals surface area (Å²) in [6.07, 6.45) is 1.21. The minimum Gasteiger partial charge on any atom is -0.484 e. The second-order valence-corrected chi connectivity index (χ2v) is 5.22. The number of nitro groups is 1. The van der Waals surface area contributed by atoms with Crippen molar-refractivity contribution in [2.45, 2.75) is 6.92 Å². The second-order valence-electron chi connectivity index (χ2n) is 4.81. The number of ether oxygens (including phenoxy) is 1. The topological polar surface area (TPSA) is 93.8 Å². The Labute approximate surface area is 143 Å². The van der Waals surface area contributed by atoms with Gasteiger partial charge < -0.3 is 4.74 Å². The van der Waals surface area contributed by atoms with Crippen LogP contribution in [0.1, 0.15) is 11.1 Å². The number of hydrogen-bond donors (Lipinski definition) is 1. The molecule has 7 nitrogen and oxygen atoms in total. The number of rotatable bonds is 6. The predicted octanol–water partition coefficient (Wildman–Crippen LogP) is 3.09. The van der Waals surface area contributed by atoms with Crippen LogP contribution in [0, 0.1) is 17.0 Å². The number of hydrogen-bond acceptors (Lipinski definition) is 5. The van der Waals surface area contributed by atoms with Crippen LogP contribution in [0.2, 0.25) is 5.02 Å². The van der Waals surface area contributed by atoms with Crippen molar-refractivity contribution in [2.75, 3.05) is 6.61 Å². The Morgan fingerprint density at radius 1 is 1.38 bits per heavy atom. The fourth-order valence-electron chi connectivity index (χ4n) is 1.82. The van der Waals surface area contributed by atoms with Crippen molar-refractivity contribution < 1.29 is 14.5 Å². The average Bonchev–Trinajstić information content (AvgIpc) is 2.56. The van der Waals surface area contributed by atoms with Gasteiger partial charge in [0, 0.05) is 11.1 Å². The maximum Gasteiger partial charge on any atom is 0.278 e. The molecule has 8 heteroatoms. The molecular formula is C16H14ClN3O4. The van der Waals surface area contributed by atoms with Crippen LogP contribution in [0.5, 0.6) is 5.75 Å². The summed E-state index contributed by atoms with van der Waals surface area (Å²) < 4.78 is 5.32. The molecule has 2 aromatic rings. The molecule has 0 aliphatic carbocycles. The van der Waals surface area contributed by atoms with Crippen LogP contribution in [0.15, 0.2) is 47.6 Å². The Morgan fingerprint density at radius 2 is 2.12 bits per heavy atom. The number of carbonyl (C=O) groups is 1. The van der Waals surface area contributed by atoms with Gasteiger partial charge in [-0.3, -0.25) is 14.9 Å². The molecule has 0 spiro atoms. The Hall–Kier alpha value is -2.93. The molecule has 0 aliphatic heterocycles. The number of carbonyl (C=O) groups excluding carboxylic acids is 1. The van der Waals surface area contributed by atoms with Crippen LogP contribution in [-0.2, 0) is 4.79 Å². The van der Waals surface area contributed by atoms with Gasteiger partial charge in [0.2, 0.25) is 0 Å². The number of amides is 1. The third-order valence-corrected chi connectivity index (χ3v) is 3.45. The molecule has 1 N–H and O–H groups in total. The number of halogens is 1. The summed E-state index contributed by atoms with van der Waals surface area (Å²) in [6, 6.07) is 11.1. The van der Waals surface area contributed by atoms with Gasteiger partial charge in [0.15, 0.2) is 6.61 Å². The Bertz CT molecular complexity index is 793. The van der Waals surface area contributed by atoms with E-state index in [1.54, 1.807) is 30.3 Å². The molecule has 0 saturated carbocycles. The first-order valence-corrected chi connectivity index (χ1v) is 7.29. The molecular weight excluding hydrogens is 334 g/mol. The molecule has 0 atom stereocenters. The summed E-state index contributed by atoms with van der Waals surface area (Å²) in [5.41, 5.74) is 3.28. The molecule has 0 unspecified atom stereocenters. The van der Waals surface area contributed by atoms with E-state index >= 15 is 0 Å². The lowest BCUT2D eigenvalue weighted by atomic mass is 10.2. The minimum absolute atomic E-state index is 0.0941. The molecule has 0 aromatic heterocycles. The maximum absolute atomic E-state index is 11.7. The number of benzene rings is 2. The number of nitrogens with zero attached hydrogens (tertiary/aromatic N) is 2. The summed E-state index contributed by atoms with van der Waals surface area (Å²) in [7, 11) is 0. The largest absolute Gasteiger partial charge is 0.484 e. The molecule has 0 fully saturated rings. The summed E-state index contributed by atoms with van der Waals surface area (Å²) in [5, 5.41) is 15.2. The smallest absolute Gasteiger partial charge is 0.278 e. The van der Waals surface area contributed by atoms with E-state index < -0.39 is 10.8 Å². The highest BCUT2D eigenvalue weighted by molar-refractivity contribution is 6.31. The highest BCUT2D eigenvalue weighted by Crippen LogP contribution is 2.20. The lowest BCUT2D eigenvalue weighted by Gasteiger charge is -2.06. The first-order chi connectivity index (χ1) is 11.5.